The van der Waals surface area contributed by atoms with Gasteiger partial charge in [-0.3, -0.25) is 14.5 Å². The third-order valence-corrected chi connectivity index (χ3v) is 5.13. The summed E-state index contributed by atoms with van der Waals surface area (Å²) in [7, 11) is 0. The molecule has 2 N–H and O–H groups in total. The van der Waals surface area contributed by atoms with E-state index in [1.807, 2.05) is 67.3 Å². The fraction of sp³-hybridized carbons (Fsp3) is 0.364. The molecule has 0 saturated carbocycles. The molecule has 3 rings (SSSR count). The van der Waals surface area contributed by atoms with E-state index in [0.29, 0.717) is 31.1 Å². The minimum atomic E-state index is -0.816. The van der Waals surface area contributed by atoms with Gasteiger partial charge in [-0.05, 0) is 30.5 Å². The molecule has 1 aliphatic rings. The molecule has 1 amide bonds. The second-order valence-electron chi connectivity index (χ2n) is 7.11. The van der Waals surface area contributed by atoms with Gasteiger partial charge in [0.1, 0.15) is 11.8 Å². The van der Waals surface area contributed by atoms with Crippen LogP contribution in [0.3, 0.4) is 0 Å². The molecule has 6 heteroatoms. The lowest BCUT2D eigenvalue weighted by Crippen LogP contribution is -2.36. The molecule has 2 aromatic rings. The number of benzene rings is 2. The lowest BCUT2D eigenvalue weighted by molar-refractivity contribution is -0.142. The van der Waals surface area contributed by atoms with Gasteiger partial charge in [0.2, 0.25) is 5.91 Å². The van der Waals surface area contributed by atoms with Gasteiger partial charge in [-0.25, -0.2) is 0 Å². The van der Waals surface area contributed by atoms with Crippen LogP contribution in [0.5, 0.6) is 5.75 Å². The molecule has 1 heterocycles. The average molecular weight is 382 g/mol. The summed E-state index contributed by atoms with van der Waals surface area (Å²) in [5, 5.41) is 12.5. The summed E-state index contributed by atoms with van der Waals surface area (Å²) < 4.78 is 5.61. The number of hydrogen-bond acceptors (Lipinski definition) is 4. The van der Waals surface area contributed by atoms with Crippen LogP contribution in [0.2, 0.25) is 0 Å². The van der Waals surface area contributed by atoms with Crippen LogP contribution >= 0.6 is 0 Å². The Morgan fingerprint density at radius 1 is 1.14 bits per heavy atom. The monoisotopic (exact) mass is 382 g/mol. The van der Waals surface area contributed by atoms with Gasteiger partial charge in [0, 0.05) is 13.1 Å². The number of carboxylic acid groups (broad SMARTS) is 1. The van der Waals surface area contributed by atoms with Crippen molar-refractivity contribution in [3.05, 3.63) is 60.2 Å². The van der Waals surface area contributed by atoms with Gasteiger partial charge in [-0.1, -0.05) is 49.4 Å². The van der Waals surface area contributed by atoms with Crippen LogP contribution in [0.25, 0.3) is 0 Å². The standard InChI is InChI=1S/C22H26N2O4/c1-3-28-19-12-8-7-11-18(19)23-21(25)20(16-9-5-4-6-10-16)24-13-15(2)17(14-24)22(26)27/h4-12,15,17,20H,3,13-14H2,1-2H3,(H,23,25)(H,26,27)/t15-,17-,20?/m1/s1. The van der Waals surface area contributed by atoms with E-state index in [1.165, 1.54) is 0 Å². The molecule has 1 fully saturated rings. The molecule has 28 heavy (non-hydrogen) atoms. The summed E-state index contributed by atoms with van der Waals surface area (Å²) in [6.07, 6.45) is 0. The van der Waals surface area contributed by atoms with Crippen molar-refractivity contribution < 1.29 is 19.4 Å². The van der Waals surface area contributed by atoms with E-state index in [2.05, 4.69) is 5.32 Å². The molecule has 148 valence electrons. The second kappa shape index (κ2) is 8.89. The minimum absolute atomic E-state index is 0.0211. The van der Waals surface area contributed by atoms with Crippen LogP contribution in [0.4, 0.5) is 5.69 Å². The van der Waals surface area contributed by atoms with Crippen molar-refractivity contribution in [3.63, 3.8) is 0 Å². The molecule has 0 bridgehead atoms. The zero-order valence-corrected chi connectivity index (χ0v) is 16.2. The molecule has 0 aromatic heterocycles. The van der Waals surface area contributed by atoms with Crippen LogP contribution in [0.1, 0.15) is 25.5 Å². The highest BCUT2D eigenvalue weighted by molar-refractivity contribution is 5.96. The zero-order chi connectivity index (χ0) is 20.1. The Hall–Kier alpha value is -2.86. The number of hydrogen-bond donors (Lipinski definition) is 2. The fourth-order valence-electron chi connectivity index (χ4n) is 3.75. The topological polar surface area (TPSA) is 78.9 Å². The summed E-state index contributed by atoms with van der Waals surface area (Å²) in [5.41, 5.74) is 1.45. The largest absolute Gasteiger partial charge is 0.492 e. The highest BCUT2D eigenvalue weighted by Gasteiger charge is 2.40. The van der Waals surface area contributed by atoms with Gasteiger partial charge >= 0.3 is 5.97 Å². The predicted octanol–water partition coefficient (Wildman–Crippen LogP) is 3.42. The number of rotatable bonds is 7. The maximum absolute atomic E-state index is 13.3. The Balaban J connectivity index is 1.88. The molecule has 1 saturated heterocycles. The van der Waals surface area contributed by atoms with Crippen molar-refractivity contribution in [1.29, 1.82) is 0 Å². The quantitative estimate of drug-likeness (QED) is 0.767. The van der Waals surface area contributed by atoms with E-state index < -0.39 is 17.9 Å². The smallest absolute Gasteiger partial charge is 0.308 e. The lowest BCUT2D eigenvalue weighted by Gasteiger charge is -2.27. The maximum atomic E-state index is 13.3. The zero-order valence-electron chi connectivity index (χ0n) is 16.2. The summed E-state index contributed by atoms with van der Waals surface area (Å²) in [6.45, 7) is 5.21. The first-order chi connectivity index (χ1) is 13.5. The number of nitrogens with one attached hydrogen (secondary N) is 1. The number of ether oxygens (including phenoxy) is 1. The number of para-hydroxylation sites is 2. The first kappa shape index (κ1) is 19.9. The Kier molecular flexibility index (Phi) is 6.31. The highest BCUT2D eigenvalue weighted by atomic mass is 16.5. The lowest BCUT2D eigenvalue weighted by atomic mass is 9.99. The molecular formula is C22H26N2O4. The molecule has 1 aliphatic heterocycles. The van der Waals surface area contributed by atoms with Crippen LogP contribution in [-0.2, 0) is 9.59 Å². The van der Waals surface area contributed by atoms with E-state index >= 15 is 0 Å². The van der Waals surface area contributed by atoms with Gasteiger partial charge < -0.3 is 15.2 Å². The molecule has 1 unspecified atom stereocenters. The number of carbonyl (C=O) groups excluding carboxylic acids is 1. The Labute approximate surface area is 165 Å². The number of carboxylic acids is 1. The van der Waals surface area contributed by atoms with Crippen molar-refractivity contribution in [2.75, 3.05) is 25.0 Å². The van der Waals surface area contributed by atoms with E-state index in [-0.39, 0.29) is 11.8 Å². The highest BCUT2D eigenvalue weighted by Crippen LogP contribution is 2.33. The van der Waals surface area contributed by atoms with Gasteiger partial charge in [-0.2, -0.15) is 0 Å². The molecule has 6 nitrogen and oxygen atoms in total. The average Bonchev–Trinajstić information content (AvgIpc) is 3.06. The Bertz CT molecular complexity index is 824. The molecule has 3 atom stereocenters. The van der Waals surface area contributed by atoms with Crippen molar-refractivity contribution in [1.82, 2.24) is 4.90 Å². The van der Waals surface area contributed by atoms with E-state index in [4.69, 9.17) is 4.74 Å². The summed E-state index contributed by atoms with van der Waals surface area (Å²) >= 11 is 0. The Morgan fingerprint density at radius 3 is 2.46 bits per heavy atom. The van der Waals surface area contributed by atoms with Crippen LogP contribution in [0, 0.1) is 11.8 Å². The molecule has 2 aromatic carbocycles. The van der Waals surface area contributed by atoms with Gasteiger partial charge in [0.15, 0.2) is 0 Å². The van der Waals surface area contributed by atoms with Crippen LogP contribution < -0.4 is 10.1 Å². The summed E-state index contributed by atoms with van der Waals surface area (Å²) in [4.78, 5) is 26.8. The van der Waals surface area contributed by atoms with Gasteiger partial charge in [0.25, 0.3) is 0 Å². The molecule has 0 aliphatic carbocycles. The Morgan fingerprint density at radius 2 is 1.82 bits per heavy atom. The van der Waals surface area contributed by atoms with Gasteiger partial charge in [0.05, 0.1) is 18.2 Å². The van der Waals surface area contributed by atoms with Crippen LogP contribution in [-0.4, -0.2) is 41.6 Å². The van der Waals surface area contributed by atoms with Crippen LogP contribution in [0.15, 0.2) is 54.6 Å². The first-order valence-electron chi connectivity index (χ1n) is 9.55. The molecule has 0 radical (unpaired) electrons. The number of aliphatic carboxylic acids is 1. The van der Waals surface area contributed by atoms with Crippen molar-refractivity contribution in [3.8, 4) is 5.75 Å². The number of amides is 1. The third-order valence-electron chi connectivity index (χ3n) is 5.13. The van der Waals surface area contributed by atoms with E-state index in [1.54, 1.807) is 6.07 Å². The summed E-state index contributed by atoms with van der Waals surface area (Å²) in [5.74, 6) is -0.897. The number of anilines is 1. The van der Waals surface area contributed by atoms with Gasteiger partial charge in [-0.15, -0.1) is 0 Å². The number of nitrogens with zero attached hydrogens (tertiary/aromatic N) is 1. The number of carbonyl (C=O) groups is 2. The number of likely N-dealkylation sites (tertiary alicyclic amines) is 1. The van der Waals surface area contributed by atoms with Crippen molar-refractivity contribution in [2.24, 2.45) is 11.8 Å². The minimum Gasteiger partial charge on any atom is -0.492 e. The van der Waals surface area contributed by atoms with E-state index in [9.17, 15) is 14.7 Å². The predicted molar refractivity (Wildman–Crippen MR) is 107 cm³/mol. The maximum Gasteiger partial charge on any atom is 0.308 e. The van der Waals surface area contributed by atoms with E-state index in [0.717, 1.165) is 5.56 Å². The SMILES string of the molecule is CCOc1ccccc1NC(=O)C(c1ccccc1)N1C[C@@H](C)[C@H](C(=O)O)C1. The van der Waals surface area contributed by atoms with Crippen molar-refractivity contribution >= 4 is 17.6 Å². The molecular weight excluding hydrogens is 356 g/mol. The second-order valence-corrected chi connectivity index (χ2v) is 7.11. The molecule has 0 spiro atoms. The fourth-order valence-corrected chi connectivity index (χ4v) is 3.75. The normalized spacial score (nSPS) is 20.5. The third kappa shape index (κ3) is 4.34. The van der Waals surface area contributed by atoms with Crippen molar-refractivity contribution in [2.45, 2.75) is 19.9 Å². The summed E-state index contributed by atoms with van der Waals surface area (Å²) in [6, 6.07) is 16.2. The first-order valence-corrected chi connectivity index (χ1v) is 9.55.